The number of nitrogens with two attached hydrogens (primary N) is 1. The highest BCUT2D eigenvalue weighted by Gasteiger charge is 2.19. The zero-order valence-electron chi connectivity index (χ0n) is 7.98. The highest BCUT2D eigenvalue weighted by molar-refractivity contribution is 6.58. The molecule has 1 aliphatic rings. The van der Waals surface area contributed by atoms with E-state index in [9.17, 15) is 0 Å². The maximum Gasteiger partial charge on any atom is 0.488 e. The lowest BCUT2D eigenvalue weighted by atomic mass is 9.76. The van der Waals surface area contributed by atoms with E-state index >= 15 is 0 Å². The molecule has 1 unspecified atom stereocenters. The summed E-state index contributed by atoms with van der Waals surface area (Å²) >= 11 is 0. The lowest BCUT2D eigenvalue weighted by Crippen LogP contribution is -2.31. The molecule has 0 saturated carbocycles. The molecule has 0 aliphatic heterocycles. The Hall–Kier alpha value is -0.835. The van der Waals surface area contributed by atoms with Crippen LogP contribution in [-0.4, -0.2) is 17.2 Å². The molecular weight excluding hydrogens is 177 g/mol. The number of hydrogen-bond acceptors (Lipinski definition) is 3. The fraction of sp³-hybridized carbons (Fsp3) is 0.400. The Kier molecular flexibility index (Phi) is 2.59. The van der Waals surface area contributed by atoms with Gasteiger partial charge >= 0.3 is 7.12 Å². The molecule has 0 aromatic heterocycles. The van der Waals surface area contributed by atoms with Gasteiger partial charge in [0.25, 0.3) is 0 Å². The van der Waals surface area contributed by atoms with Crippen molar-refractivity contribution in [2.24, 2.45) is 5.73 Å². The first-order valence-electron chi connectivity index (χ1n) is 4.93. The van der Waals surface area contributed by atoms with Gasteiger partial charge in [-0.3, -0.25) is 0 Å². The predicted molar refractivity (Wildman–Crippen MR) is 56.1 cm³/mol. The second kappa shape index (κ2) is 3.73. The zero-order chi connectivity index (χ0) is 10.1. The molecule has 14 heavy (non-hydrogen) atoms. The second-order valence-corrected chi connectivity index (χ2v) is 3.83. The fourth-order valence-corrected chi connectivity index (χ4v) is 2.01. The van der Waals surface area contributed by atoms with E-state index in [4.69, 9.17) is 15.8 Å². The van der Waals surface area contributed by atoms with Gasteiger partial charge in [-0.1, -0.05) is 18.2 Å². The molecule has 3 nitrogen and oxygen atoms in total. The van der Waals surface area contributed by atoms with E-state index in [0.717, 1.165) is 24.8 Å². The van der Waals surface area contributed by atoms with E-state index in [2.05, 4.69) is 0 Å². The third-order valence-corrected chi connectivity index (χ3v) is 2.83. The van der Waals surface area contributed by atoms with Crippen molar-refractivity contribution in [2.45, 2.75) is 25.3 Å². The van der Waals surface area contributed by atoms with Gasteiger partial charge in [0.15, 0.2) is 0 Å². The zero-order valence-corrected chi connectivity index (χ0v) is 7.98. The summed E-state index contributed by atoms with van der Waals surface area (Å²) in [6, 6.07) is 5.56. The predicted octanol–water partition coefficient (Wildman–Crippen LogP) is -0.298. The van der Waals surface area contributed by atoms with Crippen molar-refractivity contribution in [3.8, 4) is 0 Å². The fourth-order valence-electron chi connectivity index (χ4n) is 2.01. The topological polar surface area (TPSA) is 66.5 Å². The monoisotopic (exact) mass is 191 g/mol. The van der Waals surface area contributed by atoms with Crippen LogP contribution in [0.25, 0.3) is 0 Å². The Morgan fingerprint density at radius 1 is 1.36 bits per heavy atom. The third-order valence-electron chi connectivity index (χ3n) is 2.83. The Morgan fingerprint density at radius 3 is 2.86 bits per heavy atom. The summed E-state index contributed by atoms with van der Waals surface area (Å²) in [6.07, 6.45) is 3.15. The molecule has 4 N–H and O–H groups in total. The van der Waals surface area contributed by atoms with Gasteiger partial charge in [-0.15, -0.1) is 0 Å². The molecule has 0 amide bonds. The number of fused-ring (bicyclic) bond motifs is 1. The van der Waals surface area contributed by atoms with Crippen LogP contribution in [0.1, 0.15) is 30.0 Å². The number of rotatable bonds is 1. The van der Waals surface area contributed by atoms with E-state index in [-0.39, 0.29) is 6.04 Å². The first kappa shape index (κ1) is 9.71. The van der Waals surface area contributed by atoms with Gasteiger partial charge < -0.3 is 15.8 Å². The molecule has 1 aromatic carbocycles. The Bertz CT molecular complexity index is 341. The van der Waals surface area contributed by atoms with E-state index in [0.29, 0.717) is 5.46 Å². The van der Waals surface area contributed by atoms with Gasteiger partial charge in [0.2, 0.25) is 0 Å². The van der Waals surface area contributed by atoms with E-state index in [1.807, 2.05) is 12.1 Å². The van der Waals surface area contributed by atoms with Crippen molar-refractivity contribution in [1.82, 2.24) is 0 Å². The van der Waals surface area contributed by atoms with Crippen molar-refractivity contribution in [1.29, 1.82) is 0 Å². The lowest BCUT2D eigenvalue weighted by molar-refractivity contribution is 0.425. The van der Waals surface area contributed by atoms with Gasteiger partial charge in [0.1, 0.15) is 0 Å². The van der Waals surface area contributed by atoms with Crippen LogP contribution in [0, 0.1) is 0 Å². The van der Waals surface area contributed by atoms with Crippen LogP contribution >= 0.6 is 0 Å². The van der Waals surface area contributed by atoms with Crippen LogP contribution in [0.3, 0.4) is 0 Å². The second-order valence-electron chi connectivity index (χ2n) is 3.83. The van der Waals surface area contributed by atoms with Crippen LogP contribution in [0.15, 0.2) is 18.2 Å². The molecule has 0 fully saturated rings. The molecular formula is C10H14BNO2. The largest absolute Gasteiger partial charge is 0.488 e. The van der Waals surface area contributed by atoms with Crippen LogP contribution in [-0.2, 0) is 6.42 Å². The molecule has 1 aromatic rings. The normalized spacial score (nSPS) is 20.4. The molecule has 0 bridgehead atoms. The Labute approximate surface area is 83.7 Å². The summed E-state index contributed by atoms with van der Waals surface area (Å²) in [5.74, 6) is 0. The van der Waals surface area contributed by atoms with Crippen molar-refractivity contribution in [3.05, 3.63) is 29.3 Å². The summed E-state index contributed by atoms with van der Waals surface area (Å²) in [5, 5.41) is 18.1. The summed E-state index contributed by atoms with van der Waals surface area (Å²) in [7, 11) is -1.39. The molecule has 0 saturated heterocycles. The van der Waals surface area contributed by atoms with Crippen molar-refractivity contribution >= 4 is 12.6 Å². The molecule has 4 heteroatoms. The minimum absolute atomic E-state index is 0.0532. The summed E-state index contributed by atoms with van der Waals surface area (Å²) < 4.78 is 0. The Balaban J connectivity index is 2.41. The highest BCUT2D eigenvalue weighted by atomic mass is 16.4. The molecule has 2 rings (SSSR count). The van der Waals surface area contributed by atoms with Crippen molar-refractivity contribution < 1.29 is 10.0 Å². The maximum absolute atomic E-state index is 9.03. The standard InChI is InChI=1S/C10H14BNO2/c12-10-3-1-2-7-4-5-8(11(13)14)6-9(7)10/h4-6,10,13-14H,1-3,12H2. The van der Waals surface area contributed by atoms with E-state index in [1.54, 1.807) is 6.07 Å². The van der Waals surface area contributed by atoms with Gasteiger partial charge in [0.05, 0.1) is 0 Å². The molecule has 0 spiro atoms. The van der Waals surface area contributed by atoms with Gasteiger partial charge in [-0.2, -0.15) is 0 Å². The van der Waals surface area contributed by atoms with Crippen molar-refractivity contribution in [3.63, 3.8) is 0 Å². The van der Waals surface area contributed by atoms with E-state index in [1.165, 1.54) is 5.56 Å². The smallest absolute Gasteiger partial charge is 0.423 e. The van der Waals surface area contributed by atoms with Crippen LogP contribution in [0.5, 0.6) is 0 Å². The van der Waals surface area contributed by atoms with Gasteiger partial charge in [-0.25, -0.2) is 0 Å². The van der Waals surface area contributed by atoms with Gasteiger partial charge in [-0.05, 0) is 35.9 Å². The molecule has 74 valence electrons. The summed E-state index contributed by atoms with van der Waals surface area (Å²) in [4.78, 5) is 0. The number of benzene rings is 1. The first-order valence-corrected chi connectivity index (χ1v) is 4.93. The van der Waals surface area contributed by atoms with E-state index < -0.39 is 7.12 Å². The number of hydrogen-bond donors (Lipinski definition) is 3. The minimum Gasteiger partial charge on any atom is -0.423 e. The highest BCUT2D eigenvalue weighted by Crippen LogP contribution is 2.26. The summed E-state index contributed by atoms with van der Waals surface area (Å²) in [6.45, 7) is 0. The minimum atomic E-state index is -1.39. The average Bonchev–Trinajstić information content (AvgIpc) is 2.18. The molecule has 0 radical (unpaired) electrons. The van der Waals surface area contributed by atoms with Crippen LogP contribution in [0.2, 0.25) is 0 Å². The third kappa shape index (κ3) is 1.69. The summed E-state index contributed by atoms with van der Waals surface area (Å²) in [5.41, 5.74) is 8.80. The maximum atomic E-state index is 9.03. The molecule has 1 atom stereocenters. The van der Waals surface area contributed by atoms with Crippen LogP contribution in [0.4, 0.5) is 0 Å². The molecule has 1 aliphatic carbocycles. The first-order chi connectivity index (χ1) is 6.68. The quantitative estimate of drug-likeness (QED) is 0.534. The lowest BCUT2D eigenvalue weighted by Gasteiger charge is -2.22. The average molecular weight is 191 g/mol. The Morgan fingerprint density at radius 2 is 2.14 bits per heavy atom. The molecule has 0 heterocycles. The van der Waals surface area contributed by atoms with Crippen LogP contribution < -0.4 is 11.2 Å². The van der Waals surface area contributed by atoms with Crippen molar-refractivity contribution in [2.75, 3.05) is 0 Å². The number of aryl methyl sites for hydroxylation is 1. The SMILES string of the molecule is NC1CCCc2ccc(B(O)O)cc21. The van der Waals surface area contributed by atoms with Gasteiger partial charge in [0, 0.05) is 6.04 Å².